The van der Waals surface area contributed by atoms with E-state index in [1.807, 2.05) is 51.1 Å². The quantitative estimate of drug-likeness (QED) is 0.180. The molecular formula is C31H30ClN3O4S. The number of hydrogen-bond acceptors (Lipinski definition) is 5. The number of carbonyl (C=O) groups is 1. The first-order valence-corrected chi connectivity index (χ1v) is 14.4. The van der Waals surface area contributed by atoms with Gasteiger partial charge in [-0.05, 0) is 92.1 Å². The van der Waals surface area contributed by atoms with Crippen molar-refractivity contribution in [1.29, 1.82) is 0 Å². The number of nitrogens with one attached hydrogen (secondary N) is 1. The Morgan fingerprint density at radius 3 is 2.20 bits per heavy atom. The summed E-state index contributed by atoms with van der Waals surface area (Å²) < 4.78 is 34.1. The van der Waals surface area contributed by atoms with Crippen LogP contribution >= 0.6 is 11.6 Å². The first-order valence-electron chi connectivity index (χ1n) is 12.6. The van der Waals surface area contributed by atoms with Crippen LogP contribution in [0.2, 0.25) is 5.02 Å². The van der Waals surface area contributed by atoms with Gasteiger partial charge in [0.25, 0.3) is 15.9 Å². The van der Waals surface area contributed by atoms with Crippen LogP contribution in [0.1, 0.15) is 27.8 Å². The van der Waals surface area contributed by atoms with Crippen molar-refractivity contribution in [2.24, 2.45) is 5.10 Å². The number of benzene rings is 4. The number of amides is 1. The smallest absolute Gasteiger partial charge is 0.264 e. The van der Waals surface area contributed by atoms with Gasteiger partial charge in [-0.1, -0.05) is 53.6 Å². The van der Waals surface area contributed by atoms with E-state index < -0.39 is 22.5 Å². The number of rotatable bonds is 10. The van der Waals surface area contributed by atoms with Gasteiger partial charge in [0.1, 0.15) is 18.9 Å². The van der Waals surface area contributed by atoms with Gasteiger partial charge in [0.05, 0.1) is 16.8 Å². The maximum Gasteiger partial charge on any atom is 0.264 e. The predicted molar refractivity (Wildman–Crippen MR) is 160 cm³/mol. The summed E-state index contributed by atoms with van der Waals surface area (Å²) in [4.78, 5) is 13.0. The highest BCUT2D eigenvalue weighted by Gasteiger charge is 2.27. The molecule has 4 aromatic rings. The van der Waals surface area contributed by atoms with Crippen molar-refractivity contribution in [3.05, 3.63) is 124 Å². The molecule has 0 aliphatic carbocycles. The summed E-state index contributed by atoms with van der Waals surface area (Å²) in [6.45, 7) is 5.54. The van der Waals surface area contributed by atoms with Crippen molar-refractivity contribution < 1.29 is 17.9 Å². The van der Waals surface area contributed by atoms with Gasteiger partial charge in [-0.15, -0.1) is 0 Å². The molecule has 0 atom stereocenters. The third-order valence-electron chi connectivity index (χ3n) is 6.03. The number of nitrogens with zero attached hydrogens (tertiary/aromatic N) is 2. The Hall–Kier alpha value is -4.14. The normalized spacial score (nSPS) is 11.4. The van der Waals surface area contributed by atoms with Crippen LogP contribution in [0.15, 0.2) is 101 Å². The lowest BCUT2D eigenvalue weighted by Crippen LogP contribution is -2.39. The van der Waals surface area contributed by atoms with E-state index in [0.717, 1.165) is 32.1 Å². The van der Waals surface area contributed by atoms with Crippen LogP contribution in [0.3, 0.4) is 0 Å². The van der Waals surface area contributed by atoms with E-state index in [1.54, 1.807) is 48.5 Å². The van der Waals surface area contributed by atoms with E-state index >= 15 is 0 Å². The number of aryl methyl sites for hydroxylation is 3. The second kappa shape index (κ2) is 12.8. The fourth-order valence-corrected chi connectivity index (χ4v) is 5.61. The Labute approximate surface area is 240 Å². The van der Waals surface area contributed by atoms with Crippen LogP contribution in [-0.4, -0.2) is 27.1 Å². The van der Waals surface area contributed by atoms with Gasteiger partial charge in [0.2, 0.25) is 0 Å². The molecular weight excluding hydrogens is 546 g/mol. The molecule has 9 heteroatoms. The molecule has 7 nitrogen and oxygen atoms in total. The lowest BCUT2D eigenvalue weighted by atomic mass is 10.1. The Kier molecular flexibility index (Phi) is 9.24. The summed E-state index contributed by atoms with van der Waals surface area (Å²) in [5.74, 6) is 0.0808. The summed E-state index contributed by atoms with van der Waals surface area (Å²) >= 11 is 6.17. The molecule has 40 heavy (non-hydrogen) atoms. The molecule has 0 heterocycles. The fourth-order valence-electron chi connectivity index (χ4n) is 4.02. The molecule has 0 unspecified atom stereocenters. The van der Waals surface area contributed by atoms with Crippen molar-refractivity contribution in [2.45, 2.75) is 32.3 Å². The van der Waals surface area contributed by atoms with Crippen molar-refractivity contribution in [3.63, 3.8) is 0 Å². The second-order valence-corrected chi connectivity index (χ2v) is 11.7. The topological polar surface area (TPSA) is 88.1 Å². The van der Waals surface area contributed by atoms with Gasteiger partial charge in [0, 0.05) is 10.6 Å². The number of ether oxygens (including phenoxy) is 1. The summed E-state index contributed by atoms with van der Waals surface area (Å²) in [7, 11) is -4.01. The average molecular weight is 576 g/mol. The summed E-state index contributed by atoms with van der Waals surface area (Å²) in [5.41, 5.74) is 7.16. The van der Waals surface area contributed by atoms with Crippen LogP contribution < -0.4 is 14.5 Å². The third-order valence-corrected chi connectivity index (χ3v) is 8.18. The third kappa shape index (κ3) is 7.49. The van der Waals surface area contributed by atoms with Gasteiger partial charge in [-0.2, -0.15) is 5.10 Å². The molecule has 0 aliphatic heterocycles. The molecule has 0 aliphatic rings. The van der Waals surface area contributed by atoms with Crippen LogP contribution in [-0.2, 0) is 21.4 Å². The van der Waals surface area contributed by atoms with Crippen molar-refractivity contribution in [2.75, 3.05) is 10.8 Å². The van der Waals surface area contributed by atoms with E-state index in [1.165, 1.54) is 18.3 Å². The monoisotopic (exact) mass is 575 g/mol. The second-order valence-electron chi connectivity index (χ2n) is 9.41. The fraction of sp³-hybridized carbons (Fsp3) is 0.161. The van der Waals surface area contributed by atoms with Gasteiger partial charge in [-0.25, -0.2) is 13.8 Å². The Morgan fingerprint density at radius 2 is 1.55 bits per heavy atom. The van der Waals surface area contributed by atoms with E-state index in [0.29, 0.717) is 23.1 Å². The van der Waals surface area contributed by atoms with E-state index in [2.05, 4.69) is 10.5 Å². The van der Waals surface area contributed by atoms with Crippen molar-refractivity contribution in [1.82, 2.24) is 5.43 Å². The number of hydrogen-bond donors (Lipinski definition) is 1. The Bertz CT molecular complexity index is 1600. The van der Waals surface area contributed by atoms with Crippen LogP contribution in [0.25, 0.3) is 0 Å². The molecule has 1 amide bonds. The van der Waals surface area contributed by atoms with E-state index in [-0.39, 0.29) is 4.90 Å². The molecule has 0 saturated carbocycles. The lowest BCUT2D eigenvalue weighted by Gasteiger charge is -2.24. The average Bonchev–Trinajstić information content (AvgIpc) is 2.91. The van der Waals surface area contributed by atoms with Gasteiger partial charge in [-0.3, -0.25) is 9.10 Å². The SMILES string of the molecule is Cc1ccc(S(=O)(=O)N(CC(=O)N/N=C\c2ccc(OCc3ccccc3Cl)cc2)c2cc(C)cc(C)c2)cc1. The lowest BCUT2D eigenvalue weighted by molar-refractivity contribution is -0.119. The first-order chi connectivity index (χ1) is 19.1. The number of carbonyl (C=O) groups excluding carboxylic acids is 1. The van der Waals surface area contributed by atoms with E-state index in [4.69, 9.17) is 16.3 Å². The Balaban J connectivity index is 1.43. The molecule has 0 saturated heterocycles. The summed E-state index contributed by atoms with van der Waals surface area (Å²) in [5, 5.41) is 4.66. The van der Waals surface area contributed by atoms with Gasteiger partial charge in [0.15, 0.2) is 0 Å². The zero-order valence-corrected chi connectivity index (χ0v) is 24.0. The minimum absolute atomic E-state index is 0.102. The van der Waals surface area contributed by atoms with E-state index in [9.17, 15) is 13.2 Å². The van der Waals surface area contributed by atoms with Crippen molar-refractivity contribution >= 4 is 39.4 Å². The first kappa shape index (κ1) is 28.9. The van der Waals surface area contributed by atoms with Gasteiger partial charge < -0.3 is 4.74 Å². The molecule has 0 bridgehead atoms. The molecule has 0 radical (unpaired) electrons. The number of halogens is 1. The molecule has 0 fully saturated rings. The molecule has 0 spiro atoms. The number of hydrazone groups is 1. The van der Waals surface area contributed by atoms with Crippen LogP contribution in [0, 0.1) is 20.8 Å². The Morgan fingerprint density at radius 1 is 0.900 bits per heavy atom. The molecule has 206 valence electrons. The van der Waals surface area contributed by atoms with Crippen molar-refractivity contribution in [3.8, 4) is 5.75 Å². The summed E-state index contributed by atoms with van der Waals surface area (Å²) in [6.07, 6.45) is 1.48. The maximum atomic E-state index is 13.6. The minimum Gasteiger partial charge on any atom is -0.489 e. The zero-order valence-electron chi connectivity index (χ0n) is 22.5. The standard InChI is InChI=1S/C31H30ClN3O4S/c1-22-8-14-29(15-9-22)40(37,38)35(27-17-23(2)16-24(3)18-27)20-31(36)34-33-19-25-10-12-28(13-11-25)39-21-26-6-4-5-7-30(26)32/h4-19H,20-21H2,1-3H3,(H,34,36)/b33-19-. The summed E-state index contributed by atoms with van der Waals surface area (Å²) in [6, 6.07) is 26.6. The largest absolute Gasteiger partial charge is 0.489 e. The zero-order chi connectivity index (χ0) is 28.7. The van der Waals surface area contributed by atoms with Gasteiger partial charge >= 0.3 is 0 Å². The minimum atomic E-state index is -4.01. The molecule has 1 N–H and O–H groups in total. The predicted octanol–water partition coefficient (Wildman–Crippen LogP) is 6.19. The van der Waals surface area contributed by atoms with Crippen LogP contribution in [0.4, 0.5) is 5.69 Å². The number of sulfonamides is 1. The molecule has 0 aromatic heterocycles. The molecule has 4 aromatic carbocycles. The highest BCUT2D eigenvalue weighted by Crippen LogP contribution is 2.26. The molecule has 4 rings (SSSR count). The maximum absolute atomic E-state index is 13.6. The number of anilines is 1. The van der Waals surface area contributed by atoms with Crippen LogP contribution in [0.5, 0.6) is 5.75 Å². The highest BCUT2D eigenvalue weighted by atomic mass is 35.5. The highest BCUT2D eigenvalue weighted by molar-refractivity contribution is 7.92.